The molecule has 2 aromatic carbocycles. The minimum atomic E-state index is -1.01. The zero-order chi connectivity index (χ0) is 19.8. The van der Waals surface area contributed by atoms with E-state index in [1.807, 2.05) is 0 Å². The second-order valence-electron chi connectivity index (χ2n) is 6.16. The average Bonchev–Trinajstić information content (AvgIpc) is 2.64. The Hall–Kier alpha value is -2.79. The molecule has 0 unspecified atom stereocenters. The summed E-state index contributed by atoms with van der Waals surface area (Å²) in [5.74, 6) is -2.98. The third-order valence-corrected chi connectivity index (χ3v) is 4.40. The van der Waals surface area contributed by atoms with Crippen LogP contribution >= 0.6 is 11.6 Å². The molecular weight excluding hydrogens is 368 g/mol. The normalized spacial score (nSPS) is 13.3. The number of hydrogen-bond acceptors (Lipinski definition) is 3. The number of hydrogen-bond donors (Lipinski definition) is 2. The first kappa shape index (κ1) is 20.5. The van der Waals surface area contributed by atoms with Gasteiger partial charge in [-0.1, -0.05) is 48.0 Å². The number of halogens is 1. The summed E-state index contributed by atoms with van der Waals surface area (Å²) in [6, 6.07) is 14.1. The number of carboxylic acids is 2. The lowest BCUT2D eigenvalue weighted by atomic mass is 9.94. The summed E-state index contributed by atoms with van der Waals surface area (Å²) in [7, 11) is 1.56. The van der Waals surface area contributed by atoms with Crippen molar-refractivity contribution in [1.82, 2.24) is 0 Å². The van der Waals surface area contributed by atoms with E-state index in [2.05, 4.69) is 0 Å². The first-order valence-corrected chi connectivity index (χ1v) is 8.78. The largest absolute Gasteiger partial charge is 0.497 e. The highest BCUT2D eigenvalue weighted by atomic mass is 35.5. The highest BCUT2D eigenvalue weighted by Crippen LogP contribution is 2.19. The molecule has 0 aliphatic heterocycles. The quantitative estimate of drug-likeness (QED) is 0.632. The van der Waals surface area contributed by atoms with Crippen LogP contribution in [0.2, 0.25) is 5.02 Å². The molecule has 142 valence electrons. The number of rotatable bonds is 9. The summed E-state index contributed by atoms with van der Waals surface area (Å²) in [5.41, 5.74) is 1.61. The summed E-state index contributed by atoms with van der Waals surface area (Å²) in [6.45, 7) is 0. The number of carboxylic acid groups (broad SMARTS) is 2. The Labute approximate surface area is 162 Å². The Balaban J connectivity index is 2.11. The minimum Gasteiger partial charge on any atom is -0.497 e. The van der Waals surface area contributed by atoms with Crippen molar-refractivity contribution in [3.05, 3.63) is 76.8 Å². The topological polar surface area (TPSA) is 83.8 Å². The molecule has 0 saturated heterocycles. The van der Waals surface area contributed by atoms with Gasteiger partial charge in [0.25, 0.3) is 0 Å². The van der Waals surface area contributed by atoms with E-state index in [1.165, 1.54) is 12.2 Å². The standard InChI is InChI=1S/C21H21ClO5/c1-27-19-9-5-14(6-10-19)11-16(20(23)24)7-8-17(21(25)26)12-15-3-2-4-18(22)13-15/h2-10,13,16-17H,11-12H2,1H3,(H,23,24)(H,25,26)/b8-7+/t16-,17-/m1/s1. The highest BCUT2D eigenvalue weighted by Gasteiger charge is 2.19. The van der Waals surface area contributed by atoms with Crippen LogP contribution in [0, 0.1) is 11.8 Å². The van der Waals surface area contributed by atoms with Gasteiger partial charge in [-0.2, -0.15) is 0 Å². The first-order valence-electron chi connectivity index (χ1n) is 8.40. The summed E-state index contributed by atoms with van der Waals surface area (Å²) in [5, 5.41) is 19.5. The number of aliphatic carboxylic acids is 2. The molecule has 0 aromatic heterocycles. The molecule has 2 atom stereocenters. The van der Waals surface area contributed by atoms with Gasteiger partial charge in [-0.15, -0.1) is 0 Å². The maximum atomic E-state index is 11.6. The summed E-state index contributed by atoms with van der Waals surface area (Å²) in [6.07, 6.45) is 3.40. The molecule has 2 aromatic rings. The fourth-order valence-corrected chi connectivity index (χ4v) is 2.89. The lowest BCUT2D eigenvalue weighted by Crippen LogP contribution is -2.17. The number of benzene rings is 2. The van der Waals surface area contributed by atoms with Gasteiger partial charge in [-0.05, 0) is 48.2 Å². The second kappa shape index (κ2) is 9.78. The molecule has 0 aliphatic carbocycles. The maximum Gasteiger partial charge on any atom is 0.310 e. The molecule has 0 fully saturated rings. The maximum absolute atomic E-state index is 11.6. The van der Waals surface area contributed by atoms with Crippen molar-refractivity contribution < 1.29 is 24.5 Å². The fraction of sp³-hybridized carbons (Fsp3) is 0.238. The van der Waals surface area contributed by atoms with E-state index in [9.17, 15) is 19.8 Å². The number of methoxy groups -OCH3 is 1. The molecule has 0 spiro atoms. The van der Waals surface area contributed by atoms with Crippen molar-refractivity contribution in [2.75, 3.05) is 7.11 Å². The van der Waals surface area contributed by atoms with Gasteiger partial charge in [-0.25, -0.2) is 0 Å². The van der Waals surface area contributed by atoms with Gasteiger partial charge in [0.05, 0.1) is 18.9 Å². The van der Waals surface area contributed by atoms with Gasteiger partial charge >= 0.3 is 11.9 Å². The molecular formula is C21H21ClO5. The van der Waals surface area contributed by atoms with Gasteiger partial charge in [0.15, 0.2) is 0 Å². The van der Waals surface area contributed by atoms with E-state index >= 15 is 0 Å². The lowest BCUT2D eigenvalue weighted by molar-refractivity contribution is -0.141. The van der Waals surface area contributed by atoms with Gasteiger partial charge in [0.2, 0.25) is 0 Å². The predicted molar refractivity (Wildman–Crippen MR) is 103 cm³/mol. The molecule has 0 amide bonds. The van der Waals surface area contributed by atoms with E-state index < -0.39 is 23.8 Å². The SMILES string of the molecule is COc1ccc(C[C@@H](/C=C/[C@H](Cc2cccc(Cl)c2)C(=O)O)C(=O)O)cc1. The van der Waals surface area contributed by atoms with E-state index in [-0.39, 0.29) is 12.8 Å². The molecule has 2 rings (SSSR count). The highest BCUT2D eigenvalue weighted by molar-refractivity contribution is 6.30. The van der Waals surface area contributed by atoms with Crippen LogP contribution < -0.4 is 4.74 Å². The van der Waals surface area contributed by atoms with Crippen molar-refractivity contribution in [2.24, 2.45) is 11.8 Å². The Bertz CT molecular complexity index is 814. The molecule has 6 heteroatoms. The summed E-state index contributed by atoms with van der Waals surface area (Å²) < 4.78 is 5.09. The zero-order valence-electron chi connectivity index (χ0n) is 14.8. The molecule has 0 bridgehead atoms. The van der Waals surface area contributed by atoms with E-state index in [0.29, 0.717) is 10.8 Å². The van der Waals surface area contributed by atoms with Crippen LogP contribution in [0.1, 0.15) is 11.1 Å². The molecule has 0 saturated carbocycles. The molecule has 0 heterocycles. The third-order valence-electron chi connectivity index (χ3n) is 4.17. The van der Waals surface area contributed by atoms with Crippen LogP contribution in [0.5, 0.6) is 5.75 Å². The zero-order valence-corrected chi connectivity index (χ0v) is 15.6. The first-order chi connectivity index (χ1) is 12.9. The number of carbonyl (C=O) groups is 2. The van der Waals surface area contributed by atoms with E-state index in [1.54, 1.807) is 55.6 Å². The van der Waals surface area contributed by atoms with Crippen LogP contribution in [-0.2, 0) is 22.4 Å². The van der Waals surface area contributed by atoms with Crippen molar-refractivity contribution in [3.63, 3.8) is 0 Å². The van der Waals surface area contributed by atoms with Crippen LogP contribution in [0.4, 0.5) is 0 Å². The molecule has 0 radical (unpaired) electrons. The van der Waals surface area contributed by atoms with Crippen molar-refractivity contribution in [1.29, 1.82) is 0 Å². The average molecular weight is 389 g/mol. The minimum absolute atomic E-state index is 0.237. The number of ether oxygens (including phenoxy) is 1. The van der Waals surface area contributed by atoms with E-state index in [0.717, 1.165) is 11.1 Å². The Morgan fingerprint density at radius 1 is 0.963 bits per heavy atom. The van der Waals surface area contributed by atoms with Gasteiger partial charge < -0.3 is 14.9 Å². The van der Waals surface area contributed by atoms with Crippen LogP contribution in [0.15, 0.2) is 60.7 Å². The predicted octanol–water partition coefficient (Wildman–Crippen LogP) is 4.09. The molecule has 5 nitrogen and oxygen atoms in total. The monoisotopic (exact) mass is 388 g/mol. The van der Waals surface area contributed by atoms with Crippen LogP contribution in [0.3, 0.4) is 0 Å². The summed E-state index contributed by atoms with van der Waals surface area (Å²) >= 11 is 5.94. The van der Waals surface area contributed by atoms with Gasteiger partial charge in [-0.3, -0.25) is 9.59 Å². The van der Waals surface area contributed by atoms with Crippen molar-refractivity contribution >= 4 is 23.5 Å². The Morgan fingerprint density at radius 3 is 2.00 bits per heavy atom. The summed E-state index contributed by atoms with van der Waals surface area (Å²) in [4.78, 5) is 23.1. The smallest absolute Gasteiger partial charge is 0.310 e. The Kier molecular flexibility index (Phi) is 7.44. The van der Waals surface area contributed by atoms with Crippen LogP contribution in [0.25, 0.3) is 0 Å². The second-order valence-corrected chi connectivity index (χ2v) is 6.60. The van der Waals surface area contributed by atoms with Crippen molar-refractivity contribution in [2.45, 2.75) is 12.8 Å². The third kappa shape index (κ3) is 6.46. The van der Waals surface area contributed by atoms with Crippen molar-refractivity contribution in [3.8, 4) is 5.75 Å². The molecule has 27 heavy (non-hydrogen) atoms. The van der Waals surface area contributed by atoms with E-state index in [4.69, 9.17) is 16.3 Å². The Morgan fingerprint density at radius 2 is 1.52 bits per heavy atom. The van der Waals surface area contributed by atoms with Gasteiger partial charge in [0, 0.05) is 5.02 Å². The fourth-order valence-electron chi connectivity index (χ4n) is 2.68. The van der Waals surface area contributed by atoms with Crippen LogP contribution in [-0.4, -0.2) is 29.3 Å². The lowest BCUT2D eigenvalue weighted by Gasteiger charge is -2.11. The molecule has 0 aliphatic rings. The molecule has 2 N–H and O–H groups in total. The van der Waals surface area contributed by atoms with Gasteiger partial charge in [0.1, 0.15) is 5.75 Å².